The van der Waals surface area contributed by atoms with E-state index in [4.69, 9.17) is 14.2 Å². The first kappa shape index (κ1) is 22.4. The van der Waals surface area contributed by atoms with Gasteiger partial charge in [-0.05, 0) is 46.8 Å². The predicted molar refractivity (Wildman–Crippen MR) is 105 cm³/mol. The van der Waals surface area contributed by atoms with Crippen LogP contribution in [0.4, 0.5) is 0 Å². The lowest BCUT2D eigenvalue weighted by Crippen LogP contribution is -2.56. The third-order valence-electron chi connectivity index (χ3n) is 4.18. The maximum Gasteiger partial charge on any atom is 0.254 e. The Bertz CT molecular complexity index is 570. The number of carbonyl (C=O) groups excluding carboxylic acids is 1. The van der Waals surface area contributed by atoms with E-state index in [1.165, 1.54) is 0 Å². The molecule has 6 nitrogen and oxygen atoms in total. The van der Waals surface area contributed by atoms with E-state index in [1.807, 2.05) is 25.7 Å². The average Bonchev–Trinajstić information content (AvgIpc) is 2.59. The molecule has 1 aromatic carbocycles. The number of hydrogen-bond acceptors (Lipinski definition) is 5. The molecule has 1 aliphatic heterocycles. The molecule has 0 radical (unpaired) electrons. The molecule has 1 aliphatic rings. The lowest BCUT2D eigenvalue weighted by Gasteiger charge is -2.37. The molecule has 1 amide bonds. The van der Waals surface area contributed by atoms with Crippen LogP contribution >= 0.6 is 12.4 Å². The Morgan fingerprint density at radius 3 is 2.12 bits per heavy atom. The number of carbonyl (C=O) groups is 1. The van der Waals surface area contributed by atoms with Gasteiger partial charge < -0.3 is 24.4 Å². The summed E-state index contributed by atoms with van der Waals surface area (Å²) in [6.45, 7) is 12.8. The van der Waals surface area contributed by atoms with Crippen LogP contribution in [0.25, 0.3) is 0 Å². The highest BCUT2D eigenvalue weighted by Crippen LogP contribution is 2.39. The van der Waals surface area contributed by atoms with Gasteiger partial charge in [-0.1, -0.05) is 0 Å². The number of hydrogen-bond donors (Lipinski definition) is 1. The van der Waals surface area contributed by atoms with Crippen LogP contribution in [0.5, 0.6) is 17.2 Å². The Balaban J connectivity index is 0.00000338. The molecule has 0 bridgehead atoms. The summed E-state index contributed by atoms with van der Waals surface area (Å²) in [5, 5.41) is 3.39. The molecule has 2 atom stereocenters. The van der Waals surface area contributed by atoms with Crippen LogP contribution in [-0.2, 0) is 0 Å². The number of rotatable bonds is 7. The third kappa shape index (κ3) is 5.17. The van der Waals surface area contributed by atoms with Crippen molar-refractivity contribution in [1.29, 1.82) is 0 Å². The van der Waals surface area contributed by atoms with Gasteiger partial charge in [0.15, 0.2) is 11.5 Å². The minimum Gasteiger partial charge on any atom is -0.490 e. The van der Waals surface area contributed by atoms with Gasteiger partial charge in [0, 0.05) is 30.7 Å². The zero-order valence-electron chi connectivity index (χ0n) is 16.3. The van der Waals surface area contributed by atoms with Crippen molar-refractivity contribution in [1.82, 2.24) is 10.2 Å². The SMILES string of the molecule is CCOc1cc(C(=O)N2CC(C)NCC2C)cc(OCC)c1OCC.Cl. The van der Waals surface area contributed by atoms with Crippen LogP contribution < -0.4 is 19.5 Å². The van der Waals surface area contributed by atoms with Gasteiger partial charge >= 0.3 is 0 Å². The second kappa shape index (κ2) is 10.5. The van der Waals surface area contributed by atoms with Crippen LogP contribution in [0.1, 0.15) is 45.0 Å². The molecule has 148 valence electrons. The van der Waals surface area contributed by atoms with Gasteiger partial charge in [-0.25, -0.2) is 0 Å². The highest BCUT2D eigenvalue weighted by atomic mass is 35.5. The van der Waals surface area contributed by atoms with Crippen LogP contribution in [0.15, 0.2) is 12.1 Å². The molecule has 2 rings (SSSR count). The number of benzene rings is 1. The van der Waals surface area contributed by atoms with E-state index in [9.17, 15) is 4.79 Å². The maximum atomic E-state index is 13.1. The smallest absolute Gasteiger partial charge is 0.254 e. The van der Waals surface area contributed by atoms with E-state index >= 15 is 0 Å². The molecule has 1 fully saturated rings. The number of amides is 1. The monoisotopic (exact) mass is 386 g/mol. The number of nitrogens with zero attached hydrogens (tertiary/aromatic N) is 1. The largest absolute Gasteiger partial charge is 0.490 e. The van der Waals surface area contributed by atoms with Gasteiger partial charge in [-0.2, -0.15) is 0 Å². The summed E-state index contributed by atoms with van der Waals surface area (Å²) in [6.07, 6.45) is 0. The zero-order chi connectivity index (χ0) is 18.4. The van der Waals surface area contributed by atoms with Gasteiger partial charge in [0.25, 0.3) is 5.91 Å². The van der Waals surface area contributed by atoms with Crippen molar-refractivity contribution in [2.75, 3.05) is 32.9 Å². The van der Waals surface area contributed by atoms with Crippen LogP contribution in [0, 0.1) is 0 Å². The minimum absolute atomic E-state index is 0. The topological polar surface area (TPSA) is 60.0 Å². The molecule has 1 saturated heterocycles. The van der Waals surface area contributed by atoms with Crippen molar-refractivity contribution in [3.05, 3.63) is 17.7 Å². The van der Waals surface area contributed by atoms with Gasteiger partial charge in [0.05, 0.1) is 19.8 Å². The fourth-order valence-corrected chi connectivity index (χ4v) is 2.98. The number of nitrogens with one attached hydrogen (secondary N) is 1. The summed E-state index contributed by atoms with van der Waals surface area (Å²) in [5.41, 5.74) is 0.566. The number of piperazine rings is 1. The predicted octanol–water partition coefficient (Wildman–Crippen LogP) is 3.13. The Hall–Kier alpha value is -1.66. The van der Waals surface area contributed by atoms with Crippen molar-refractivity contribution in [2.24, 2.45) is 0 Å². The molecule has 0 saturated carbocycles. The first-order valence-electron chi connectivity index (χ1n) is 9.12. The molecule has 0 aromatic heterocycles. The van der Waals surface area contributed by atoms with E-state index in [0.717, 1.165) is 6.54 Å². The molecular formula is C19H31ClN2O4. The van der Waals surface area contributed by atoms with Crippen molar-refractivity contribution >= 4 is 18.3 Å². The van der Waals surface area contributed by atoms with E-state index < -0.39 is 0 Å². The molecule has 1 aromatic rings. The maximum absolute atomic E-state index is 13.1. The quantitative estimate of drug-likeness (QED) is 0.780. The highest BCUT2D eigenvalue weighted by Gasteiger charge is 2.29. The molecule has 1 heterocycles. The van der Waals surface area contributed by atoms with Gasteiger partial charge in [0.1, 0.15) is 0 Å². The first-order valence-corrected chi connectivity index (χ1v) is 9.12. The van der Waals surface area contributed by atoms with Gasteiger partial charge in [0.2, 0.25) is 5.75 Å². The summed E-state index contributed by atoms with van der Waals surface area (Å²) in [7, 11) is 0. The molecule has 0 spiro atoms. The Morgan fingerprint density at radius 2 is 1.62 bits per heavy atom. The minimum atomic E-state index is -0.00851. The molecule has 7 heteroatoms. The number of halogens is 1. The van der Waals surface area contributed by atoms with Gasteiger partial charge in [-0.15, -0.1) is 12.4 Å². The summed E-state index contributed by atoms with van der Waals surface area (Å²) < 4.78 is 17.1. The van der Waals surface area contributed by atoms with E-state index in [1.54, 1.807) is 12.1 Å². The van der Waals surface area contributed by atoms with Crippen LogP contribution in [0.3, 0.4) is 0 Å². The normalized spacial score (nSPS) is 19.5. The summed E-state index contributed by atoms with van der Waals surface area (Å²) in [5.74, 6) is 1.65. The Labute approximate surface area is 162 Å². The van der Waals surface area contributed by atoms with Crippen molar-refractivity contribution in [3.8, 4) is 17.2 Å². The average molecular weight is 387 g/mol. The molecule has 1 N–H and O–H groups in total. The third-order valence-corrected chi connectivity index (χ3v) is 4.18. The first-order chi connectivity index (χ1) is 12.0. The zero-order valence-corrected chi connectivity index (χ0v) is 17.1. The Kier molecular flexibility index (Phi) is 9.02. The summed E-state index contributed by atoms with van der Waals surface area (Å²) in [6, 6.07) is 3.94. The number of ether oxygens (including phenoxy) is 3. The van der Waals surface area contributed by atoms with Crippen LogP contribution in [-0.4, -0.2) is 55.8 Å². The molecule has 0 aliphatic carbocycles. The highest BCUT2D eigenvalue weighted by molar-refractivity contribution is 5.96. The van der Waals surface area contributed by atoms with E-state index in [0.29, 0.717) is 49.2 Å². The Morgan fingerprint density at radius 1 is 1.08 bits per heavy atom. The van der Waals surface area contributed by atoms with Crippen LogP contribution in [0.2, 0.25) is 0 Å². The lowest BCUT2D eigenvalue weighted by atomic mass is 10.1. The second-order valence-electron chi connectivity index (χ2n) is 6.22. The second-order valence-corrected chi connectivity index (χ2v) is 6.22. The molecular weight excluding hydrogens is 356 g/mol. The van der Waals surface area contributed by atoms with Crippen molar-refractivity contribution < 1.29 is 19.0 Å². The lowest BCUT2D eigenvalue weighted by molar-refractivity contribution is 0.0615. The fraction of sp³-hybridized carbons (Fsp3) is 0.632. The van der Waals surface area contributed by atoms with E-state index in [-0.39, 0.29) is 30.4 Å². The van der Waals surface area contributed by atoms with Crippen molar-refractivity contribution in [2.45, 2.75) is 46.7 Å². The summed E-state index contributed by atoms with van der Waals surface area (Å²) in [4.78, 5) is 15.0. The summed E-state index contributed by atoms with van der Waals surface area (Å²) >= 11 is 0. The van der Waals surface area contributed by atoms with Crippen molar-refractivity contribution in [3.63, 3.8) is 0 Å². The molecule has 2 unspecified atom stereocenters. The molecule has 26 heavy (non-hydrogen) atoms. The fourth-order valence-electron chi connectivity index (χ4n) is 2.98. The standard InChI is InChI=1S/C19H30N2O4.ClH/c1-6-23-16-9-15(10-17(24-7-2)18(16)25-8-3)19(22)21-12-13(4)20-11-14(21)5;/h9-10,13-14,20H,6-8,11-12H2,1-5H3;1H. The van der Waals surface area contributed by atoms with Gasteiger partial charge in [-0.3, -0.25) is 4.79 Å². The van der Waals surface area contributed by atoms with E-state index in [2.05, 4.69) is 19.2 Å².